The van der Waals surface area contributed by atoms with Crippen LogP contribution in [0.5, 0.6) is 0 Å². The quantitative estimate of drug-likeness (QED) is 0.446. The van der Waals surface area contributed by atoms with Crippen molar-refractivity contribution in [3.05, 3.63) is 60.0 Å². The first kappa shape index (κ1) is 21.6. The SMILES string of the molecule is CCCN(CCC)CCCC[CH]Cc1ccc(CNCc2ncc[nH]2)cc1. The Balaban J connectivity index is 1.54. The second-order valence-electron chi connectivity index (χ2n) is 7.29. The van der Waals surface area contributed by atoms with Crippen LogP contribution in [-0.2, 0) is 19.5 Å². The topological polar surface area (TPSA) is 44.0 Å². The number of nitrogens with one attached hydrogen (secondary N) is 2. The molecule has 0 aliphatic rings. The number of hydrogen-bond donors (Lipinski definition) is 2. The first-order valence-corrected chi connectivity index (χ1v) is 10.6. The van der Waals surface area contributed by atoms with Gasteiger partial charge in [0.05, 0.1) is 6.54 Å². The molecule has 0 unspecified atom stereocenters. The van der Waals surface area contributed by atoms with Crippen LogP contribution in [0.2, 0.25) is 0 Å². The average Bonchev–Trinajstić information content (AvgIpc) is 3.19. The highest BCUT2D eigenvalue weighted by molar-refractivity contribution is 5.23. The van der Waals surface area contributed by atoms with E-state index in [0.717, 1.165) is 25.3 Å². The van der Waals surface area contributed by atoms with Crippen molar-refractivity contribution in [1.82, 2.24) is 20.2 Å². The molecule has 1 aromatic heterocycles. The number of rotatable bonds is 15. The van der Waals surface area contributed by atoms with E-state index in [-0.39, 0.29) is 0 Å². The van der Waals surface area contributed by atoms with Gasteiger partial charge in [0.15, 0.2) is 0 Å². The van der Waals surface area contributed by atoms with Gasteiger partial charge in [0.1, 0.15) is 5.82 Å². The third-order valence-corrected chi connectivity index (χ3v) is 4.79. The summed E-state index contributed by atoms with van der Waals surface area (Å²) in [5.41, 5.74) is 2.72. The molecular formula is C23H37N4. The van der Waals surface area contributed by atoms with Gasteiger partial charge in [-0.1, -0.05) is 44.5 Å². The summed E-state index contributed by atoms with van der Waals surface area (Å²) in [4.78, 5) is 9.94. The second-order valence-corrected chi connectivity index (χ2v) is 7.29. The third-order valence-electron chi connectivity index (χ3n) is 4.79. The van der Waals surface area contributed by atoms with Crippen molar-refractivity contribution in [2.75, 3.05) is 19.6 Å². The van der Waals surface area contributed by atoms with Crippen LogP contribution in [0, 0.1) is 6.42 Å². The Morgan fingerprint density at radius 1 is 0.963 bits per heavy atom. The Morgan fingerprint density at radius 2 is 1.70 bits per heavy atom. The lowest BCUT2D eigenvalue weighted by Crippen LogP contribution is -2.26. The van der Waals surface area contributed by atoms with Crippen molar-refractivity contribution in [2.24, 2.45) is 0 Å². The Labute approximate surface area is 165 Å². The lowest BCUT2D eigenvalue weighted by atomic mass is 10.0. The zero-order valence-corrected chi connectivity index (χ0v) is 17.2. The normalized spacial score (nSPS) is 11.4. The number of hydrogen-bond acceptors (Lipinski definition) is 3. The van der Waals surface area contributed by atoms with Gasteiger partial charge in [0.25, 0.3) is 0 Å². The van der Waals surface area contributed by atoms with Crippen molar-refractivity contribution in [1.29, 1.82) is 0 Å². The smallest absolute Gasteiger partial charge is 0.120 e. The van der Waals surface area contributed by atoms with E-state index in [0.29, 0.717) is 0 Å². The minimum atomic E-state index is 0.774. The van der Waals surface area contributed by atoms with Gasteiger partial charge in [0, 0.05) is 18.9 Å². The predicted molar refractivity (Wildman–Crippen MR) is 114 cm³/mol. The molecule has 27 heavy (non-hydrogen) atoms. The highest BCUT2D eigenvalue weighted by Crippen LogP contribution is 2.10. The van der Waals surface area contributed by atoms with Crippen LogP contribution in [0.15, 0.2) is 36.7 Å². The number of imidazole rings is 1. The molecule has 0 atom stereocenters. The van der Waals surface area contributed by atoms with Gasteiger partial charge in [-0.3, -0.25) is 0 Å². The first-order valence-electron chi connectivity index (χ1n) is 10.6. The molecule has 0 aliphatic carbocycles. The molecular weight excluding hydrogens is 332 g/mol. The van der Waals surface area contributed by atoms with Crippen molar-refractivity contribution in [3.63, 3.8) is 0 Å². The second kappa shape index (κ2) is 13.5. The van der Waals surface area contributed by atoms with E-state index in [9.17, 15) is 0 Å². The highest BCUT2D eigenvalue weighted by Gasteiger charge is 2.02. The van der Waals surface area contributed by atoms with Gasteiger partial charge < -0.3 is 15.2 Å². The molecule has 1 aromatic carbocycles. The number of aromatic nitrogens is 2. The van der Waals surface area contributed by atoms with E-state index in [1.165, 1.54) is 62.9 Å². The van der Waals surface area contributed by atoms with Gasteiger partial charge in [-0.25, -0.2) is 4.98 Å². The molecule has 0 fully saturated rings. The third kappa shape index (κ3) is 9.21. The molecule has 0 amide bonds. The molecule has 4 nitrogen and oxygen atoms in total. The summed E-state index contributed by atoms with van der Waals surface area (Å²) in [6.07, 6.45) is 13.5. The minimum absolute atomic E-state index is 0.774. The van der Waals surface area contributed by atoms with E-state index < -0.39 is 0 Å². The maximum atomic E-state index is 4.22. The number of nitrogens with zero attached hydrogens (tertiary/aromatic N) is 2. The molecule has 4 heteroatoms. The average molecular weight is 370 g/mol. The highest BCUT2D eigenvalue weighted by atomic mass is 15.1. The van der Waals surface area contributed by atoms with Crippen molar-refractivity contribution in [3.8, 4) is 0 Å². The van der Waals surface area contributed by atoms with Gasteiger partial charge in [-0.15, -0.1) is 0 Å². The minimum Gasteiger partial charge on any atom is -0.348 e. The lowest BCUT2D eigenvalue weighted by molar-refractivity contribution is 0.269. The van der Waals surface area contributed by atoms with Gasteiger partial charge >= 0.3 is 0 Å². The molecule has 2 N–H and O–H groups in total. The standard InChI is InChI=1S/C23H37N4/c1-3-16-27(17-4-2)18-8-6-5-7-9-21-10-12-22(13-11-21)19-24-20-23-25-14-15-26-23/h7,10-15,24H,3-6,8-9,16-20H2,1-2H3,(H,25,26). The first-order chi connectivity index (χ1) is 13.3. The maximum absolute atomic E-state index is 4.22. The Kier molecular flexibility index (Phi) is 10.8. The van der Waals surface area contributed by atoms with Gasteiger partial charge in [-0.05, 0) is 69.3 Å². The summed E-state index contributed by atoms with van der Waals surface area (Å²) in [5.74, 6) is 0.980. The van der Waals surface area contributed by atoms with Crippen LogP contribution < -0.4 is 5.32 Å². The van der Waals surface area contributed by atoms with Crippen molar-refractivity contribution in [2.45, 2.75) is 65.5 Å². The summed E-state index contributed by atoms with van der Waals surface area (Å²) >= 11 is 0. The van der Waals surface area contributed by atoms with E-state index in [4.69, 9.17) is 0 Å². The molecule has 0 bridgehead atoms. The Hall–Kier alpha value is -1.65. The van der Waals surface area contributed by atoms with Gasteiger partial charge in [-0.2, -0.15) is 0 Å². The lowest BCUT2D eigenvalue weighted by Gasteiger charge is -2.20. The van der Waals surface area contributed by atoms with E-state index >= 15 is 0 Å². The van der Waals surface area contributed by atoms with E-state index in [1.807, 2.05) is 6.20 Å². The summed E-state index contributed by atoms with van der Waals surface area (Å²) in [6, 6.07) is 8.96. The van der Waals surface area contributed by atoms with Crippen LogP contribution in [0.3, 0.4) is 0 Å². The molecule has 0 saturated carbocycles. The van der Waals surface area contributed by atoms with Crippen LogP contribution in [0.1, 0.15) is 62.9 Å². The molecule has 0 saturated heterocycles. The largest absolute Gasteiger partial charge is 0.348 e. The van der Waals surface area contributed by atoms with Crippen molar-refractivity contribution >= 4 is 0 Å². The monoisotopic (exact) mass is 369 g/mol. The van der Waals surface area contributed by atoms with E-state index in [1.54, 1.807) is 6.20 Å². The number of aromatic amines is 1. The number of unbranched alkanes of at least 4 members (excludes halogenated alkanes) is 3. The van der Waals surface area contributed by atoms with Crippen molar-refractivity contribution < 1.29 is 0 Å². The fourth-order valence-corrected chi connectivity index (χ4v) is 3.37. The zero-order chi connectivity index (χ0) is 19.2. The number of H-pyrrole nitrogens is 1. The maximum Gasteiger partial charge on any atom is 0.120 e. The molecule has 2 aromatic rings. The fraction of sp³-hybridized carbons (Fsp3) is 0.565. The van der Waals surface area contributed by atoms with E-state index in [2.05, 4.69) is 64.7 Å². The summed E-state index contributed by atoms with van der Waals surface area (Å²) < 4.78 is 0. The zero-order valence-electron chi connectivity index (χ0n) is 17.2. The fourth-order valence-electron chi connectivity index (χ4n) is 3.37. The summed E-state index contributed by atoms with van der Waals surface area (Å²) in [7, 11) is 0. The molecule has 0 spiro atoms. The predicted octanol–water partition coefficient (Wildman–Crippen LogP) is 4.74. The molecule has 1 radical (unpaired) electrons. The molecule has 2 rings (SSSR count). The van der Waals surface area contributed by atoms with Crippen LogP contribution in [-0.4, -0.2) is 34.5 Å². The number of benzene rings is 1. The Morgan fingerprint density at radius 3 is 2.37 bits per heavy atom. The Bertz CT molecular complexity index is 571. The molecule has 1 heterocycles. The van der Waals surface area contributed by atoms with Crippen LogP contribution in [0.25, 0.3) is 0 Å². The van der Waals surface area contributed by atoms with Crippen LogP contribution >= 0.6 is 0 Å². The van der Waals surface area contributed by atoms with Gasteiger partial charge in [0.2, 0.25) is 0 Å². The summed E-state index contributed by atoms with van der Waals surface area (Å²) in [5, 5.41) is 3.41. The molecule has 0 aliphatic heterocycles. The summed E-state index contributed by atoms with van der Waals surface area (Å²) in [6.45, 7) is 9.96. The molecule has 149 valence electrons. The van der Waals surface area contributed by atoms with Crippen LogP contribution in [0.4, 0.5) is 0 Å².